The van der Waals surface area contributed by atoms with Crippen molar-refractivity contribution in [1.29, 1.82) is 0 Å². The Bertz CT molecular complexity index is 620. The molecule has 0 radical (unpaired) electrons. The highest BCUT2D eigenvalue weighted by Crippen LogP contribution is 2.15. The van der Waals surface area contributed by atoms with E-state index < -0.39 is 15.8 Å². The number of sulfonamides is 1. The van der Waals surface area contributed by atoms with Crippen molar-refractivity contribution in [2.45, 2.75) is 12.8 Å². The van der Waals surface area contributed by atoms with Crippen LogP contribution in [0.2, 0.25) is 0 Å². The van der Waals surface area contributed by atoms with Gasteiger partial charge in [0.15, 0.2) is 0 Å². The van der Waals surface area contributed by atoms with Gasteiger partial charge in [-0.2, -0.15) is 0 Å². The number of ether oxygens (including phenoxy) is 1. The Morgan fingerprint density at radius 3 is 2.86 bits per heavy atom. The fourth-order valence-corrected chi connectivity index (χ4v) is 2.61. The normalized spacial score (nSPS) is 10.8. The number of halogens is 1. The van der Waals surface area contributed by atoms with E-state index in [9.17, 15) is 12.8 Å². The van der Waals surface area contributed by atoms with E-state index in [1.807, 2.05) is 0 Å². The molecule has 0 unspecified atom stereocenters. The fourth-order valence-electron chi connectivity index (χ4n) is 1.52. The topological polar surface area (TPSA) is 75.6 Å². The van der Waals surface area contributed by atoms with E-state index in [4.69, 9.17) is 9.84 Å². The molecule has 116 valence electrons. The lowest BCUT2D eigenvalue weighted by atomic mass is 10.2. The zero-order chi connectivity index (χ0) is 15.7. The Balaban J connectivity index is 2.81. The first-order valence-electron chi connectivity index (χ1n) is 6.37. The Kier molecular flexibility index (Phi) is 7.15. The van der Waals surface area contributed by atoms with E-state index in [1.165, 1.54) is 19.2 Å². The van der Waals surface area contributed by atoms with Crippen molar-refractivity contribution in [2.75, 3.05) is 30.8 Å². The minimum Gasteiger partial charge on any atom is -0.395 e. The van der Waals surface area contributed by atoms with Crippen LogP contribution in [-0.2, 0) is 14.8 Å². The third-order valence-electron chi connectivity index (χ3n) is 2.46. The number of benzene rings is 1. The van der Waals surface area contributed by atoms with Crippen molar-refractivity contribution in [3.05, 3.63) is 29.6 Å². The number of anilines is 1. The first kappa shape index (κ1) is 17.4. The first-order chi connectivity index (χ1) is 9.98. The molecule has 2 N–H and O–H groups in total. The predicted octanol–water partition coefficient (Wildman–Crippen LogP) is 1.34. The summed E-state index contributed by atoms with van der Waals surface area (Å²) in [7, 11) is -2.00. The second kappa shape index (κ2) is 8.62. The Hall–Kier alpha value is -1.62. The zero-order valence-corrected chi connectivity index (χ0v) is 12.5. The van der Waals surface area contributed by atoms with Crippen LogP contribution in [0, 0.1) is 17.7 Å². The van der Waals surface area contributed by atoms with Gasteiger partial charge in [-0.25, -0.2) is 12.8 Å². The number of hydrogen-bond acceptors (Lipinski definition) is 4. The van der Waals surface area contributed by atoms with Crippen LogP contribution in [0.15, 0.2) is 18.2 Å². The van der Waals surface area contributed by atoms with Crippen LogP contribution >= 0.6 is 0 Å². The molecule has 21 heavy (non-hydrogen) atoms. The Morgan fingerprint density at radius 2 is 2.19 bits per heavy atom. The van der Waals surface area contributed by atoms with E-state index in [2.05, 4.69) is 16.6 Å². The monoisotopic (exact) mass is 315 g/mol. The van der Waals surface area contributed by atoms with Gasteiger partial charge in [-0.1, -0.05) is 11.8 Å². The summed E-state index contributed by atoms with van der Waals surface area (Å²) in [6, 6.07) is 3.81. The van der Waals surface area contributed by atoms with Crippen molar-refractivity contribution in [3.8, 4) is 11.8 Å². The summed E-state index contributed by atoms with van der Waals surface area (Å²) < 4.78 is 44.3. The standard InChI is InChI=1S/C14H18FNO4S/c1-20-9-4-10-21(18,19)16-13-6-7-14(15)12(11-13)5-2-3-8-17/h6-7,11,16-17H,3-4,8-10H2,1H3. The lowest BCUT2D eigenvalue weighted by molar-refractivity contribution is 0.199. The van der Waals surface area contributed by atoms with Crippen LogP contribution in [0.4, 0.5) is 10.1 Å². The van der Waals surface area contributed by atoms with E-state index in [-0.39, 0.29) is 30.0 Å². The second-order valence-electron chi connectivity index (χ2n) is 4.24. The lowest BCUT2D eigenvalue weighted by Crippen LogP contribution is -2.17. The molecule has 0 aromatic heterocycles. The van der Waals surface area contributed by atoms with Gasteiger partial charge in [0.1, 0.15) is 5.82 Å². The molecule has 0 amide bonds. The predicted molar refractivity (Wildman–Crippen MR) is 78.9 cm³/mol. The lowest BCUT2D eigenvalue weighted by Gasteiger charge is -2.08. The third kappa shape index (κ3) is 6.58. The van der Waals surface area contributed by atoms with Gasteiger partial charge < -0.3 is 9.84 Å². The van der Waals surface area contributed by atoms with Crippen LogP contribution in [-0.4, -0.2) is 39.6 Å². The molecule has 1 aromatic carbocycles. The van der Waals surface area contributed by atoms with Gasteiger partial charge in [-0.05, 0) is 24.6 Å². The minimum absolute atomic E-state index is 0.0796. The summed E-state index contributed by atoms with van der Waals surface area (Å²) in [6.07, 6.45) is 0.600. The molecule has 0 saturated heterocycles. The summed E-state index contributed by atoms with van der Waals surface area (Å²) >= 11 is 0. The molecule has 0 atom stereocenters. The van der Waals surface area contributed by atoms with Gasteiger partial charge in [0.05, 0.1) is 17.9 Å². The molecule has 7 heteroatoms. The van der Waals surface area contributed by atoms with Gasteiger partial charge in [0, 0.05) is 25.8 Å². The molecule has 0 aliphatic heterocycles. The van der Waals surface area contributed by atoms with Gasteiger partial charge in [-0.15, -0.1) is 0 Å². The van der Waals surface area contributed by atoms with Gasteiger partial charge in [-0.3, -0.25) is 4.72 Å². The maximum Gasteiger partial charge on any atom is 0.232 e. The largest absolute Gasteiger partial charge is 0.395 e. The van der Waals surface area contributed by atoms with E-state index in [0.29, 0.717) is 13.0 Å². The highest BCUT2D eigenvalue weighted by molar-refractivity contribution is 7.92. The first-order valence-corrected chi connectivity index (χ1v) is 8.02. The number of aliphatic hydroxyl groups is 1. The van der Waals surface area contributed by atoms with Gasteiger partial charge >= 0.3 is 0 Å². The van der Waals surface area contributed by atoms with E-state index in [0.717, 1.165) is 6.07 Å². The van der Waals surface area contributed by atoms with E-state index >= 15 is 0 Å². The SMILES string of the molecule is COCCCS(=O)(=O)Nc1ccc(F)c(C#CCCO)c1. The average Bonchev–Trinajstić information content (AvgIpc) is 2.42. The maximum absolute atomic E-state index is 13.5. The summed E-state index contributed by atoms with van der Waals surface area (Å²) in [4.78, 5) is 0. The Labute approximate surface area is 124 Å². The molecular weight excluding hydrogens is 297 g/mol. The summed E-state index contributed by atoms with van der Waals surface area (Å²) in [6.45, 7) is 0.239. The number of rotatable bonds is 7. The van der Waals surface area contributed by atoms with E-state index in [1.54, 1.807) is 0 Å². The molecule has 1 rings (SSSR count). The molecule has 0 bridgehead atoms. The van der Waals surface area contributed by atoms with Crippen LogP contribution in [0.5, 0.6) is 0 Å². The summed E-state index contributed by atoms with van der Waals surface area (Å²) in [5.41, 5.74) is 0.336. The summed E-state index contributed by atoms with van der Waals surface area (Å²) in [5, 5.41) is 8.63. The average molecular weight is 315 g/mol. The second-order valence-corrected chi connectivity index (χ2v) is 6.08. The van der Waals surface area contributed by atoms with Crippen molar-refractivity contribution < 1.29 is 22.7 Å². The summed E-state index contributed by atoms with van der Waals surface area (Å²) in [5.74, 6) is 4.52. The molecule has 1 aromatic rings. The highest BCUT2D eigenvalue weighted by atomic mass is 32.2. The van der Waals surface area contributed by atoms with Gasteiger partial charge in [0.25, 0.3) is 0 Å². The van der Waals surface area contributed by atoms with Crippen molar-refractivity contribution in [3.63, 3.8) is 0 Å². The minimum atomic E-state index is -3.50. The highest BCUT2D eigenvalue weighted by Gasteiger charge is 2.11. The molecule has 0 fully saturated rings. The van der Waals surface area contributed by atoms with Gasteiger partial charge in [0.2, 0.25) is 10.0 Å². The van der Waals surface area contributed by atoms with Crippen LogP contribution in [0.3, 0.4) is 0 Å². The quantitative estimate of drug-likeness (QED) is 0.588. The number of nitrogens with one attached hydrogen (secondary N) is 1. The fraction of sp³-hybridized carbons (Fsp3) is 0.429. The Morgan fingerprint density at radius 1 is 1.43 bits per heavy atom. The van der Waals surface area contributed by atoms with Crippen LogP contribution in [0.1, 0.15) is 18.4 Å². The van der Waals surface area contributed by atoms with Crippen LogP contribution in [0.25, 0.3) is 0 Å². The molecule has 0 saturated carbocycles. The number of methoxy groups -OCH3 is 1. The number of hydrogen-bond donors (Lipinski definition) is 2. The maximum atomic E-state index is 13.5. The number of aliphatic hydroxyl groups excluding tert-OH is 1. The third-order valence-corrected chi connectivity index (χ3v) is 3.83. The molecule has 0 spiro atoms. The zero-order valence-electron chi connectivity index (χ0n) is 11.7. The molecule has 0 aliphatic rings. The smallest absolute Gasteiger partial charge is 0.232 e. The van der Waals surface area contributed by atoms with Crippen molar-refractivity contribution in [1.82, 2.24) is 0 Å². The van der Waals surface area contributed by atoms with Crippen LogP contribution < -0.4 is 4.72 Å². The molecule has 0 heterocycles. The van der Waals surface area contributed by atoms with Crippen molar-refractivity contribution >= 4 is 15.7 Å². The van der Waals surface area contributed by atoms with Crippen molar-refractivity contribution in [2.24, 2.45) is 0 Å². The molecule has 0 aliphatic carbocycles. The molecule has 5 nitrogen and oxygen atoms in total. The molecular formula is C14H18FNO4S.